The fourth-order valence-corrected chi connectivity index (χ4v) is 4.29. The predicted molar refractivity (Wildman–Crippen MR) is 107 cm³/mol. The fraction of sp³-hybridized carbons (Fsp3) is 0.435. The van der Waals surface area contributed by atoms with Crippen molar-refractivity contribution < 1.29 is 32.2 Å². The number of rotatable bonds is 3. The summed E-state index contributed by atoms with van der Waals surface area (Å²) in [5.74, 6) is -2.41. The monoisotopic (exact) mass is 439 g/mol. The van der Waals surface area contributed by atoms with Crippen molar-refractivity contribution in [3.05, 3.63) is 71.5 Å². The zero-order valence-electron chi connectivity index (χ0n) is 16.9. The first-order valence-electron chi connectivity index (χ1n) is 10.1. The molecule has 2 atom stereocenters. The third kappa shape index (κ3) is 6.51. The summed E-state index contributed by atoms with van der Waals surface area (Å²) in [5, 5.41) is 7.12. The molecule has 2 aromatic rings. The Hall–Kier alpha value is -2.45. The van der Waals surface area contributed by atoms with Crippen LogP contribution in [0.15, 0.2) is 54.6 Å². The molecule has 0 aliphatic carbocycles. The first kappa shape index (κ1) is 23.2. The predicted octanol–water partition coefficient (Wildman–Crippen LogP) is 5.00. The molecule has 0 amide bonds. The Kier molecular flexibility index (Phi) is 7.33. The van der Waals surface area contributed by atoms with Crippen molar-refractivity contribution in [2.24, 2.45) is 0 Å². The average molecular weight is 439 g/mol. The quantitative estimate of drug-likeness (QED) is 0.684. The highest BCUT2D eigenvalue weighted by molar-refractivity contribution is 5.73. The number of alkyl halides is 3. The van der Waals surface area contributed by atoms with Crippen LogP contribution in [0.1, 0.15) is 36.3 Å². The molecular weight excluding hydrogens is 414 g/mol. The Bertz CT molecular complexity index is 875. The number of carboxylic acid groups (broad SMARTS) is 1. The molecule has 2 aliphatic heterocycles. The second-order valence-corrected chi connectivity index (χ2v) is 8.05. The molecule has 8 heteroatoms. The molecule has 1 spiro atoms. The van der Waals surface area contributed by atoms with E-state index in [9.17, 15) is 17.6 Å². The van der Waals surface area contributed by atoms with Gasteiger partial charge in [-0.15, -0.1) is 0 Å². The summed E-state index contributed by atoms with van der Waals surface area (Å²) in [7, 11) is 0. The largest absolute Gasteiger partial charge is 0.490 e. The minimum atomic E-state index is -5.08. The van der Waals surface area contributed by atoms with Crippen LogP contribution in [0.2, 0.25) is 0 Å². The molecule has 0 saturated carbocycles. The molecular formula is C23H25F4NO3. The molecule has 0 aromatic heterocycles. The lowest BCUT2D eigenvalue weighted by Gasteiger charge is -2.40. The van der Waals surface area contributed by atoms with Crippen molar-refractivity contribution in [3.63, 3.8) is 0 Å². The standard InChI is InChI=1S/C21H24FNO.C2HF3O2/c22-20-9-4-6-17(12-20)14-23-11-5-10-21(16-23)13-19(15-24-21)18-7-2-1-3-8-18;3-2(4,5)1(6)7/h1-4,6-9,12,19H,5,10-11,13-16H2;(H,6,7). The SMILES string of the molecule is Fc1cccc(CN2CCCC3(CC(c4ccccc4)CO3)C2)c1.O=C(O)C(F)(F)F. The maximum Gasteiger partial charge on any atom is 0.490 e. The molecule has 2 aromatic carbocycles. The number of hydrogen-bond donors (Lipinski definition) is 1. The smallest absolute Gasteiger partial charge is 0.475 e. The van der Waals surface area contributed by atoms with E-state index in [1.54, 1.807) is 12.1 Å². The van der Waals surface area contributed by atoms with Crippen molar-refractivity contribution in [1.29, 1.82) is 0 Å². The van der Waals surface area contributed by atoms with E-state index in [4.69, 9.17) is 14.6 Å². The fourth-order valence-electron chi connectivity index (χ4n) is 4.29. The van der Waals surface area contributed by atoms with Crippen molar-refractivity contribution in [1.82, 2.24) is 4.90 Å². The van der Waals surface area contributed by atoms with Gasteiger partial charge >= 0.3 is 12.1 Å². The summed E-state index contributed by atoms with van der Waals surface area (Å²) in [4.78, 5) is 11.3. The molecule has 0 bridgehead atoms. The van der Waals surface area contributed by atoms with E-state index < -0.39 is 12.1 Å². The van der Waals surface area contributed by atoms with Crippen LogP contribution in [-0.4, -0.2) is 47.4 Å². The Morgan fingerprint density at radius 3 is 2.52 bits per heavy atom. The number of carbonyl (C=O) groups is 1. The van der Waals surface area contributed by atoms with Gasteiger partial charge in [0.2, 0.25) is 0 Å². The summed E-state index contributed by atoms with van der Waals surface area (Å²) >= 11 is 0. The Balaban J connectivity index is 0.000000339. The molecule has 168 valence electrons. The van der Waals surface area contributed by atoms with Crippen LogP contribution in [0, 0.1) is 5.82 Å². The molecule has 2 fully saturated rings. The normalized spacial score (nSPS) is 23.9. The van der Waals surface area contributed by atoms with E-state index in [0.29, 0.717) is 5.92 Å². The van der Waals surface area contributed by atoms with Gasteiger partial charge in [0.1, 0.15) is 5.82 Å². The molecule has 2 saturated heterocycles. The number of ether oxygens (including phenoxy) is 1. The van der Waals surface area contributed by atoms with E-state index in [0.717, 1.165) is 51.1 Å². The summed E-state index contributed by atoms with van der Waals surface area (Å²) in [5.41, 5.74) is 2.41. The summed E-state index contributed by atoms with van der Waals surface area (Å²) < 4.78 is 51.5. The van der Waals surface area contributed by atoms with Crippen LogP contribution in [0.3, 0.4) is 0 Å². The number of carboxylic acids is 1. The lowest BCUT2D eigenvalue weighted by Crippen LogP contribution is -2.47. The number of halogens is 4. The van der Waals surface area contributed by atoms with Crippen LogP contribution < -0.4 is 0 Å². The summed E-state index contributed by atoms with van der Waals surface area (Å²) in [6.45, 7) is 3.64. The summed E-state index contributed by atoms with van der Waals surface area (Å²) in [6.07, 6.45) is -1.70. The second kappa shape index (κ2) is 9.78. The van der Waals surface area contributed by atoms with Crippen molar-refractivity contribution in [3.8, 4) is 0 Å². The van der Waals surface area contributed by atoms with Crippen molar-refractivity contribution >= 4 is 5.97 Å². The molecule has 31 heavy (non-hydrogen) atoms. The number of aliphatic carboxylic acids is 1. The average Bonchev–Trinajstić information content (AvgIpc) is 3.11. The van der Waals surface area contributed by atoms with Crippen LogP contribution in [-0.2, 0) is 16.1 Å². The Labute approximate surface area is 178 Å². The number of benzene rings is 2. The van der Waals surface area contributed by atoms with Gasteiger partial charge < -0.3 is 9.84 Å². The van der Waals surface area contributed by atoms with E-state index in [-0.39, 0.29) is 11.4 Å². The molecule has 0 radical (unpaired) electrons. The molecule has 2 heterocycles. The lowest BCUT2D eigenvalue weighted by atomic mass is 9.84. The zero-order chi connectivity index (χ0) is 22.5. The van der Waals surface area contributed by atoms with Gasteiger partial charge in [-0.1, -0.05) is 42.5 Å². The van der Waals surface area contributed by atoms with Crippen molar-refractivity contribution in [2.75, 3.05) is 19.7 Å². The van der Waals surface area contributed by atoms with Gasteiger partial charge in [-0.05, 0) is 49.1 Å². The molecule has 4 rings (SSSR count). The van der Waals surface area contributed by atoms with Gasteiger partial charge in [-0.3, -0.25) is 4.90 Å². The highest BCUT2D eigenvalue weighted by atomic mass is 19.4. The zero-order valence-corrected chi connectivity index (χ0v) is 16.9. The third-order valence-electron chi connectivity index (χ3n) is 5.64. The van der Waals surface area contributed by atoms with E-state index in [1.807, 2.05) is 6.07 Å². The minimum Gasteiger partial charge on any atom is -0.475 e. The number of piperidine rings is 1. The van der Waals surface area contributed by atoms with Crippen LogP contribution >= 0.6 is 0 Å². The summed E-state index contributed by atoms with van der Waals surface area (Å²) in [6, 6.07) is 17.6. The van der Waals surface area contributed by atoms with Crippen LogP contribution in [0.25, 0.3) is 0 Å². The highest BCUT2D eigenvalue weighted by Gasteiger charge is 2.43. The Morgan fingerprint density at radius 1 is 1.16 bits per heavy atom. The van der Waals surface area contributed by atoms with E-state index in [1.165, 1.54) is 11.6 Å². The number of nitrogens with zero attached hydrogens (tertiary/aromatic N) is 1. The van der Waals surface area contributed by atoms with E-state index in [2.05, 4.69) is 35.2 Å². The third-order valence-corrected chi connectivity index (χ3v) is 5.64. The molecule has 2 unspecified atom stereocenters. The first-order valence-corrected chi connectivity index (χ1v) is 10.1. The van der Waals surface area contributed by atoms with Gasteiger partial charge in [0.15, 0.2) is 0 Å². The maximum atomic E-state index is 13.4. The van der Waals surface area contributed by atoms with Gasteiger partial charge in [0.25, 0.3) is 0 Å². The van der Waals surface area contributed by atoms with Gasteiger partial charge in [-0.25, -0.2) is 9.18 Å². The molecule has 4 nitrogen and oxygen atoms in total. The van der Waals surface area contributed by atoms with Crippen molar-refractivity contribution in [2.45, 2.75) is 43.5 Å². The van der Waals surface area contributed by atoms with Gasteiger partial charge in [-0.2, -0.15) is 13.2 Å². The topological polar surface area (TPSA) is 49.8 Å². The van der Waals surface area contributed by atoms with Gasteiger partial charge in [0, 0.05) is 19.0 Å². The molecule has 2 aliphatic rings. The first-order chi connectivity index (χ1) is 14.7. The highest BCUT2D eigenvalue weighted by Crippen LogP contribution is 2.41. The number of hydrogen-bond acceptors (Lipinski definition) is 3. The Morgan fingerprint density at radius 2 is 1.87 bits per heavy atom. The second-order valence-electron chi connectivity index (χ2n) is 8.05. The lowest BCUT2D eigenvalue weighted by molar-refractivity contribution is -0.192. The van der Waals surface area contributed by atoms with Gasteiger partial charge in [0.05, 0.1) is 12.2 Å². The van der Waals surface area contributed by atoms with Crippen LogP contribution in [0.4, 0.5) is 17.6 Å². The van der Waals surface area contributed by atoms with Crippen LogP contribution in [0.5, 0.6) is 0 Å². The number of likely N-dealkylation sites (tertiary alicyclic amines) is 1. The minimum absolute atomic E-state index is 0.0217. The maximum absolute atomic E-state index is 13.4. The van der Waals surface area contributed by atoms with E-state index >= 15 is 0 Å². The molecule has 1 N–H and O–H groups in total.